The Morgan fingerprint density at radius 3 is 3.18 bits per heavy atom. The zero-order chi connectivity index (χ0) is 12.3. The fourth-order valence-corrected chi connectivity index (χ4v) is 2.40. The average molecular weight is 301 g/mol. The van der Waals surface area contributed by atoms with Crippen molar-refractivity contribution in [2.45, 2.75) is 19.9 Å². The van der Waals surface area contributed by atoms with Gasteiger partial charge in [-0.3, -0.25) is 4.79 Å². The van der Waals surface area contributed by atoms with Crippen molar-refractivity contribution in [3.63, 3.8) is 0 Å². The Bertz CT molecular complexity index is 440. The van der Waals surface area contributed by atoms with Crippen LogP contribution in [0.15, 0.2) is 15.5 Å². The van der Waals surface area contributed by atoms with E-state index in [0.717, 1.165) is 25.3 Å². The standard InChI is InChI=1S/C11H17BrN4O/c1-2-16-11(17)10(12)9(7-15-16)14-6-8-3-4-13-5-8/h7-8,13-14H,2-6H2,1H3. The maximum absolute atomic E-state index is 11.8. The molecule has 1 aliphatic heterocycles. The summed E-state index contributed by atoms with van der Waals surface area (Å²) >= 11 is 3.33. The third-order valence-electron chi connectivity index (χ3n) is 3.03. The molecule has 0 spiro atoms. The second kappa shape index (κ2) is 5.64. The molecule has 1 aromatic rings. The molecule has 2 N–H and O–H groups in total. The van der Waals surface area contributed by atoms with Crippen LogP contribution in [0.3, 0.4) is 0 Å². The van der Waals surface area contributed by atoms with Crippen molar-refractivity contribution in [3.05, 3.63) is 21.0 Å². The first-order valence-corrected chi connectivity index (χ1v) is 6.72. The number of aryl methyl sites for hydroxylation is 1. The molecule has 94 valence electrons. The normalized spacial score (nSPS) is 19.5. The first-order valence-electron chi connectivity index (χ1n) is 5.92. The third kappa shape index (κ3) is 2.87. The summed E-state index contributed by atoms with van der Waals surface area (Å²) in [7, 11) is 0. The van der Waals surface area contributed by atoms with Gasteiger partial charge in [0.15, 0.2) is 0 Å². The molecule has 0 radical (unpaired) electrons. The van der Waals surface area contributed by atoms with E-state index in [-0.39, 0.29) is 5.56 Å². The molecule has 0 aliphatic carbocycles. The van der Waals surface area contributed by atoms with Crippen molar-refractivity contribution in [1.82, 2.24) is 15.1 Å². The maximum Gasteiger partial charge on any atom is 0.283 e. The fourth-order valence-electron chi connectivity index (χ4n) is 1.96. The van der Waals surface area contributed by atoms with Gasteiger partial charge in [-0.1, -0.05) is 0 Å². The lowest BCUT2D eigenvalue weighted by Crippen LogP contribution is -2.25. The molecule has 6 heteroatoms. The Morgan fingerprint density at radius 2 is 2.53 bits per heavy atom. The van der Waals surface area contributed by atoms with Crippen molar-refractivity contribution in [3.8, 4) is 0 Å². The van der Waals surface area contributed by atoms with Crippen LogP contribution in [-0.2, 0) is 6.54 Å². The van der Waals surface area contributed by atoms with Crippen molar-refractivity contribution in [1.29, 1.82) is 0 Å². The number of anilines is 1. The summed E-state index contributed by atoms with van der Waals surface area (Å²) in [6, 6.07) is 0. The summed E-state index contributed by atoms with van der Waals surface area (Å²) in [5, 5.41) is 10.7. The Labute approximate surface area is 109 Å². The Kier molecular flexibility index (Phi) is 4.17. The van der Waals surface area contributed by atoms with Gasteiger partial charge in [-0.2, -0.15) is 5.10 Å². The highest BCUT2D eigenvalue weighted by molar-refractivity contribution is 9.10. The fraction of sp³-hybridized carbons (Fsp3) is 0.636. The smallest absolute Gasteiger partial charge is 0.283 e. The molecule has 0 aromatic carbocycles. The van der Waals surface area contributed by atoms with Crippen molar-refractivity contribution >= 4 is 21.6 Å². The van der Waals surface area contributed by atoms with Crippen LogP contribution in [0.2, 0.25) is 0 Å². The van der Waals surface area contributed by atoms with Gasteiger partial charge < -0.3 is 10.6 Å². The molecule has 0 bridgehead atoms. The summed E-state index contributed by atoms with van der Waals surface area (Å²) in [6.07, 6.45) is 2.89. The molecule has 0 saturated carbocycles. The van der Waals surface area contributed by atoms with E-state index in [2.05, 4.69) is 31.7 Å². The predicted octanol–water partition coefficient (Wildman–Crippen LogP) is 1.05. The van der Waals surface area contributed by atoms with E-state index in [9.17, 15) is 4.79 Å². The largest absolute Gasteiger partial charge is 0.382 e. The number of nitrogens with zero attached hydrogens (tertiary/aromatic N) is 2. The van der Waals surface area contributed by atoms with Crippen LogP contribution in [-0.4, -0.2) is 29.4 Å². The van der Waals surface area contributed by atoms with Crippen molar-refractivity contribution in [2.24, 2.45) is 5.92 Å². The van der Waals surface area contributed by atoms with Gasteiger partial charge in [-0.15, -0.1) is 0 Å². The summed E-state index contributed by atoms with van der Waals surface area (Å²) in [4.78, 5) is 11.8. The van der Waals surface area contributed by atoms with Crippen LogP contribution < -0.4 is 16.2 Å². The van der Waals surface area contributed by atoms with Crippen LogP contribution in [0.25, 0.3) is 0 Å². The molecular weight excluding hydrogens is 284 g/mol. The highest BCUT2D eigenvalue weighted by Gasteiger charge is 2.15. The van der Waals surface area contributed by atoms with E-state index in [1.54, 1.807) is 6.20 Å². The van der Waals surface area contributed by atoms with Crippen molar-refractivity contribution in [2.75, 3.05) is 25.0 Å². The first kappa shape index (κ1) is 12.6. The molecule has 2 rings (SSSR count). The lowest BCUT2D eigenvalue weighted by molar-refractivity contribution is 0.603. The number of halogens is 1. The number of rotatable bonds is 4. The lowest BCUT2D eigenvalue weighted by atomic mass is 10.1. The molecule has 17 heavy (non-hydrogen) atoms. The second-order valence-corrected chi connectivity index (χ2v) is 5.03. The predicted molar refractivity (Wildman–Crippen MR) is 71.3 cm³/mol. The summed E-state index contributed by atoms with van der Waals surface area (Å²) in [5.41, 5.74) is 0.702. The first-order chi connectivity index (χ1) is 8.22. The Balaban J connectivity index is 2.05. The number of hydrogen-bond acceptors (Lipinski definition) is 4. The van der Waals surface area contributed by atoms with E-state index in [1.807, 2.05) is 6.92 Å². The van der Waals surface area contributed by atoms with Gasteiger partial charge in [0.1, 0.15) is 4.47 Å². The highest BCUT2D eigenvalue weighted by atomic mass is 79.9. The van der Waals surface area contributed by atoms with Gasteiger partial charge >= 0.3 is 0 Å². The van der Waals surface area contributed by atoms with Crippen LogP contribution in [0, 0.1) is 5.92 Å². The Hall–Kier alpha value is -0.880. The minimum absolute atomic E-state index is 0.0814. The van der Waals surface area contributed by atoms with E-state index in [1.165, 1.54) is 11.1 Å². The number of nitrogens with one attached hydrogen (secondary N) is 2. The molecule has 1 unspecified atom stereocenters. The van der Waals surface area contributed by atoms with E-state index < -0.39 is 0 Å². The van der Waals surface area contributed by atoms with Gasteiger partial charge in [-0.25, -0.2) is 4.68 Å². The minimum atomic E-state index is -0.0814. The van der Waals surface area contributed by atoms with Crippen LogP contribution in [0.4, 0.5) is 5.69 Å². The van der Waals surface area contributed by atoms with Gasteiger partial charge in [0.05, 0.1) is 11.9 Å². The van der Waals surface area contributed by atoms with Crippen LogP contribution >= 0.6 is 15.9 Å². The SMILES string of the molecule is CCn1ncc(NCC2CCNC2)c(Br)c1=O. The Morgan fingerprint density at radius 1 is 1.71 bits per heavy atom. The molecular formula is C11H17BrN4O. The summed E-state index contributed by atoms with van der Waals surface area (Å²) in [5.74, 6) is 0.635. The molecule has 5 nitrogen and oxygen atoms in total. The third-order valence-corrected chi connectivity index (χ3v) is 3.79. The molecule has 1 saturated heterocycles. The van der Waals surface area contributed by atoms with Crippen LogP contribution in [0.1, 0.15) is 13.3 Å². The minimum Gasteiger partial charge on any atom is -0.382 e. The number of aromatic nitrogens is 2. The topological polar surface area (TPSA) is 59.0 Å². The monoisotopic (exact) mass is 300 g/mol. The van der Waals surface area contributed by atoms with E-state index in [0.29, 0.717) is 16.9 Å². The molecule has 1 fully saturated rings. The summed E-state index contributed by atoms with van der Waals surface area (Å²) in [6.45, 7) is 5.50. The maximum atomic E-state index is 11.8. The zero-order valence-electron chi connectivity index (χ0n) is 9.87. The van der Waals surface area contributed by atoms with Crippen LogP contribution in [0.5, 0.6) is 0 Å². The van der Waals surface area contributed by atoms with E-state index >= 15 is 0 Å². The molecule has 0 amide bonds. The van der Waals surface area contributed by atoms with Gasteiger partial charge in [0.2, 0.25) is 0 Å². The highest BCUT2D eigenvalue weighted by Crippen LogP contribution is 2.17. The molecule has 1 aliphatic rings. The molecule has 1 atom stereocenters. The van der Waals surface area contributed by atoms with Gasteiger partial charge in [-0.05, 0) is 48.3 Å². The van der Waals surface area contributed by atoms with E-state index in [4.69, 9.17) is 0 Å². The second-order valence-electron chi connectivity index (χ2n) is 4.23. The molecule has 1 aromatic heterocycles. The summed E-state index contributed by atoms with van der Waals surface area (Å²) < 4.78 is 2.01. The van der Waals surface area contributed by atoms with Gasteiger partial charge in [0.25, 0.3) is 5.56 Å². The average Bonchev–Trinajstić information content (AvgIpc) is 2.84. The molecule has 2 heterocycles. The lowest BCUT2D eigenvalue weighted by Gasteiger charge is -2.12. The van der Waals surface area contributed by atoms with Gasteiger partial charge in [0, 0.05) is 13.1 Å². The van der Waals surface area contributed by atoms with Crippen molar-refractivity contribution < 1.29 is 0 Å². The zero-order valence-corrected chi connectivity index (χ0v) is 11.5. The quantitative estimate of drug-likeness (QED) is 0.873. The number of hydrogen-bond donors (Lipinski definition) is 2.